The van der Waals surface area contributed by atoms with Crippen molar-refractivity contribution < 1.29 is 9.53 Å². The SMILES string of the molecule is COCCNC(=O)[C@@H]1CN(Cc2cnn(C)c2)Cc2ccnn2C1. The largest absolute Gasteiger partial charge is 0.383 e. The molecule has 0 saturated heterocycles. The maximum Gasteiger partial charge on any atom is 0.226 e. The summed E-state index contributed by atoms with van der Waals surface area (Å²) in [5.41, 5.74) is 2.27. The molecule has 24 heavy (non-hydrogen) atoms. The molecule has 3 rings (SSSR count). The molecule has 0 aromatic carbocycles. The molecule has 1 aliphatic rings. The predicted molar refractivity (Wildman–Crippen MR) is 87.9 cm³/mol. The number of carbonyl (C=O) groups excluding carboxylic acids is 1. The molecule has 0 spiro atoms. The van der Waals surface area contributed by atoms with Crippen molar-refractivity contribution in [1.82, 2.24) is 29.8 Å². The maximum atomic E-state index is 12.5. The molecule has 130 valence electrons. The van der Waals surface area contributed by atoms with Crippen LogP contribution in [0.4, 0.5) is 0 Å². The summed E-state index contributed by atoms with van der Waals surface area (Å²) in [5.74, 6) is -0.0914. The Morgan fingerprint density at radius 1 is 1.42 bits per heavy atom. The van der Waals surface area contributed by atoms with Crippen LogP contribution in [0.15, 0.2) is 24.7 Å². The first-order chi connectivity index (χ1) is 11.7. The lowest BCUT2D eigenvalue weighted by Gasteiger charge is -2.22. The van der Waals surface area contributed by atoms with Crippen LogP contribution in [0, 0.1) is 5.92 Å². The molecule has 0 bridgehead atoms. The van der Waals surface area contributed by atoms with E-state index in [1.807, 2.05) is 30.2 Å². The van der Waals surface area contributed by atoms with Gasteiger partial charge in [-0.05, 0) is 6.07 Å². The van der Waals surface area contributed by atoms with Gasteiger partial charge in [0.25, 0.3) is 0 Å². The van der Waals surface area contributed by atoms with Crippen molar-refractivity contribution in [1.29, 1.82) is 0 Å². The number of aromatic nitrogens is 4. The van der Waals surface area contributed by atoms with Crippen LogP contribution in [0.25, 0.3) is 0 Å². The number of nitrogens with one attached hydrogen (secondary N) is 1. The average Bonchev–Trinajstić information content (AvgIpc) is 3.12. The molecule has 1 aliphatic heterocycles. The highest BCUT2D eigenvalue weighted by atomic mass is 16.5. The summed E-state index contributed by atoms with van der Waals surface area (Å²) in [7, 11) is 3.54. The van der Waals surface area contributed by atoms with E-state index in [2.05, 4.69) is 20.4 Å². The molecular weight excluding hydrogens is 308 g/mol. The molecule has 0 radical (unpaired) electrons. The summed E-state index contributed by atoms with van der Waals surface area (Å²) < 4.78 is 8.73. The summed E-state index contributed by atoms with van der Waals surface area (Å²) >= 11 is 0. The van der Waals surface area contributed by atoms with Crippen molar-refractivity contribution in [2.24, 2.45) is 13.0 Å². The van der Waals surface area contributed by atoms with Crippen LogP contribution in [0.2, 0.25) is 0 Å². The quantitative estimate of drug-likeness (QED) is 0.754. The number of ether oxygens (including phenoxy) is 1. The molecule has 0 saturated carbocycles. The Morgan fingerprint density at radius 2 is 2.29 bits per heavy atom. The molecule has 0 unspecified atom stereocenters. The van der Waals surface area contributed by atoms with Crippen molar-refractivity contribution in [2.75, 3.05) is 26.8 Å². The second kappa shape index (κ2) is 7.59. The second-order valence-electron chi connectivity index (χ2n) is 6.18. The van der Waals surface area contributed by atoms with E-state index in [4.69, 9.17) is 4.74 Å². The zero-order valence-electron chi connectivity index (χ0n) is 14.2. The van der Waals surface area contributed by atoms with Crippen LogP contribution in [-0.2, 0) is 36.2 Å². The molecular formula is C16H24N6O2. The van der Waals surface area contributed by atoms with Crippen LogP contribution < -0.4 is 5.32 Å². The van der Waals surface area contributed by atoms with Crippen LogP contribution >= 0.6 is 0 Å². The highest BCUT2D eigenvalue weighted by Crippen LogP contribution is 2.18. The van der Waals surface area contributed by atoms with Crippen LogP contribution in [0.3, 0.4) is 0 Å². The highest BCUT2D eigenvalue weighted by Gasteiger charge is 2.27. The van der Waals surface area contributed by atoms with Gasteiger partial charge in [0.2, 0.25) is 5.91 Å². The summed E-state index contributed by atoms with van der Waals surface area (Å²) in [4.78, 5) is 14.8. The van der Waals surface area contributed by atoms with Gasteiger partial charge < -0.3 is 10.1 Å². The van der Waals surface area contributed by atoms with Gasteiger partial charge in [0, 0.05) is 58.3 Å². The molecule has 2 aromatic rings. The molecule has 1 atom stereocenters. The molecule has 8 heteroatoms. The smallest absolute Gasteiger partial charge is 0.226 e. The van der Waals surface area contributed by atoms with Gasteiger partial charge in [0.05, 0.1) is 31.0 Å². The second-order valence-corrected chi connectivity index (χ2v) is 6.18. The Balaban J connectivity index is 1.71. The number of rotatable bonds is 6. The van der Waals surface area contributed by atoms with Gasteiger partial charge in [-0.3, -0.25) is 19.1 Å². The molecule has 8 nitrogen and oxygen atoms in total. The van der Waals surface area contributed by atoms with E-state index in [0.717, 1.165) is 24.3 Å². The zero-order valence-corrected chi connectivity index (χ0v) is 14.2. The van der Waals surface area contributed by atoms with Crippen LogP contribution in [-0.4, -0.2) is 57.2 Å². The van der Waals surface area contributed by atoms with Gasteiger partial charge >= 0.3 is 0 Å². The Bertz CT molecular complexity index is 680. The van der Waals surface area contributed by atoms with Gasteiger partial charge in [-0.15, -0.1) is 0 Å². The van der Waals surface area contributed by atoms with E-state index in [9.17, 15) is 4.79 Å². The van der Waals surface area contributed by atoms with Crippen LogP contribution in [0.1, 0.15) is 11.3 Å². The topological polar surface area (TPSA) is 77.2 Å². The van der Waals surface area contributed by atoms with E-state index in [1.54, 1.807) is 18.0 Å². The molecule has 2 aromatic heterocycles. The average molecular weight is 332 g/mol. The third kappa shape index (κ3) is 4.01. The first-order valence-electron chi connectivity index (χ1n) is 8.13. The normalized spacial score (nSPS) is 18.2. The Kier molecular flexibility index (Phi) is 5.27. The Hall–Kier alpha value is -2.19. The lowest BCUT2D eigenvalue weighted by Crippen LogP contribution is -2.40. The standard InChI is InChI=1S/C16H24N6O2/c1-20-8-13(7-19-20)9-21-10-14(16(23)17-5-6-24-2)11-22-15(12-21)3-4-18-22/h3-4,7-8,14H,5-6,9-12H2,1-2H3,(H,17,23)/t14-/m1/s1. The van der Waals surface area contributed by atoms with Gasteiger partial charge in [0.1, 0.15) is 0 Å². The maximum absolute atomic E-state index is 12.5. The van der Waals surface area contributed by atoms with Gasteiger partial charge in [-0.1, -0.05) is 0 Å². The number of hydrogen-bond donors (Lipinski definition) is 1. The Morgan fingerprint density at radius 3 is 3.04 bits per heavy atom. The number of amides is 1. The first kappa shape index (κ1) is 16.7. The number of fused-ring (bicyclic) bond motifs is 1. The number of aryl methyl sites for hydroxylation is 1. The summed E-state index contributed by atoms with van der Waals surface area (Å²) in [6, 6.07) is 2.02. The molecule has 1 amide bonds. The molecule has 0 fully saturated rings. The fourth-order valence-electron chi connectivity index (χ4n) is 3.05. The Labute approximate surface area is 141 Å². The lowest BCUT2D eigenvalue weighted by molar-refractivity contribution is -0.126. The minimum absolute atomic E-state index is 0.0478. The molecule has 1 N–H and O–H groups in total. The van der Waals surface area contributed by atoms with Gasteiger partial charge in [0.15, 0.2) is 0 Å². The minimum atomic E-state index is -0.139. The van der Waals surface area contributed by atoms with Crippen molar-refractivity contribution in [3.8, 4) is 0 Å². The van der Waals surface area contributed by atoms with E-state index in [1.165, 1.54) is 0 Å². The third-order valence-corrected chi connectivity index (χ3v) is 4.20. The van der Waals surface area contributed by atoms with Gasteiger partial charge in [-0.2, -0.15) is 10.2 Å². The lowest BCUT2D eigenvalue weighted by atomic mass is 10.1. The van der Waals surface area contributed by atoms with Crippen LogP contribution in [0.5, 0.6) is 0 Å². The predicted octanol–water partition coefficient (Wildman–Crippen LogP) is 0.0112. The highest BCUT2D eigenvalue weighted by molar-refractivity contribution is 5.78. The third-order valence-electron chi connectivity index (χ3n) is 4.20. The summed E-state index contributed by atoms with van der Waals surface area (Å²) in [6.45, 7) is 3.88. The van der Waals surface area contributed by atoms with E-state index >= 15 is 0 Å². The van der Waals surface area contributed by atoms with Crippen molar-refractivity contribution in [2.45, 2.75) is 19.6 Å². The summed E-state index contributed by atoms with van der Waals surface area (Å²) in [5, 5.41) is 11.5. The van der Waals surface area contributed by atoms with Gasteiger partial charge in [-0.25, -0.2) is 0 Å². The molecule has 0 aliphatic carbocycles. The number of nitrogens with zero attached hydrogens (tertiary/aromatic N) is 5. The minimum Gasteiger partial charge on any atom is -0.383 e. The van der Waals surface area contributed by atoms with E-state index in [-0.39, 0.29) is 11.8 Å². The number of methoxy groups -OCH3 is 1. The van der Waals surface area contributed by atoms with E-state index < -0.39 is 0 Å². The van der Waals surface area contributed by atoms with Crippen molar-refractivity contribution in [3.63, 3.8) is 0 Å². The van der Waals surface area contributed by atoms with Crippen molar-refractivity contribution in [3.05, 3.63) is 35.9 Å². The van der Waals surface area contributed by atoms with Crippen molar-refractivity contribution >= 4 is 5.91 Å². The summed E-state index contributed by atoms with van der Waals surface area (Å²) in [6.07, 6.45) is 5.68. The zero-order chi connectivity index (χ0) is 16.9. The number of hydrogen-bond acceptors (Lipinski definition) is 5. The monoisotopic (exact) mass is 332 g/mol. The van der Waals surface area contributed by atoms with E-state index in [0.29, 0.717) is 26.2 Å². The fourth-order valence-corrected chi connectivity index (χ4v) is 3.05. The number of carbonyl (C=O) groups is 1. The first-order valence-corrected chi connectivity index (χ1v) is 8.13. The fraction of sp³-hybridized carbons (Fsp3) is 0.562. The molecule has 3 heterocycles.